The number of imidazole rings is 1. The molecule has 0 amide bonds. The van der Waals surface area contributed by atoms with Crippen molar-refractivity contribution in [2.75, 3.05) is 6.61 Å². The van der Waals surface area contributed by atoms with Crippen molar-refractivity contribution in [1.82, 2.24) is 9.97 Å². The number of nitrogens with one attached hydrogen (secondary N) is 1. The zero-order valence-electron chi connectivity index (χ0n) is 9.60. The van der Waals surface area contributed by atoms with Crippen LogP contribution in [0.2, 0.25) is 0 Å². The van der Waals surface area contributed by atoms with Gasteiger partial charge in [-0.3, -0.25) is 0 Å². The van der Waals surface area contributed by atoms with Gasteiger partial charge in [-0.2, -0.15) is 0 Å². The molecule has 0 atom stereocenters. The van der Waals surface area contributed by atoms with Gasteiger partial charge in [-0.25, -0.2) is 4.98 Å². The third-order valence-corrected chi connectivity index (χ3v) is 2.21. The molecule has 2 aromatic rings. The first-order valence-electron chi connectivity index (χ1n) is 5.48. The van der Waals surface area contributed by atoms with Crippen LogP contribution in [0.15, 0.2) is 36.7 Å². The summed E-state index contributed by atoms with van der Waals surface area (Å²) in [7, 11) is 0. The van der Waals surface area contributed by atoms with E-state index in [-0.39, 0.29) is 0 Å². The van der Waals surface area contributed by atoms with E-state index < -0.39 is 0 Å². The van der Waals surface area contributed by atoms with Gasteiger partial charge in [0.25, 0.3) is 0 Å². The second-order valence-electron chi connectivity index (χ2n) is 4.17. The molecule has 0 bridgehead atoms. The molecule has 1 aromatic heterocycles. The summed E-state index contributed by atoms with van der Waals surface area (Å²) in [6, 6.07) is 7.96. The van der Waals surface area contributed by atoms with Crippen LogP contribution in [0, 0.1) is 5.92 Å². The fourth-order valence-electron chi connectivity index (χ4n) is 1.40. The van der Waals surface area contributed by atoms with Crippen LogP contribution in [0.1, 0.15) is 13.8 Å². The van der Waals surface area contributed by atoms with Gasteiger partial charge in [0.1, 0.15) is 11.6 Å². The summed E-state index contributed by atoms with van der Waals surface area (Å²) in [4.78, 5) is 7.27. The second-order valence-corrected chi connectivity index (χ2v) is 4.17. The highest BCUT2D eigenvalue weighted by Crippen LogP contribution is 2.19. The number of rotatable bonds is 4. The van der Waals surface area contributed by atoms with Crippen molar-refractivity contribution in [1.29, 1.82) is 0 Å². The van der Waals surface area contributed by atoms with Crippen molar-refractivity contribution < 1.29 is 4.74 Å². The maximum atomic E-state index is 5.61. The molecule has 1 N–H and O–H groups in total. The van der Waals surface area contributed by atoms with Gasteiger partial charge in [-0.1, -0.05) is 13.8 Å². The molecule has 3 heteroatoms. The Morgan fingerprint density at radius 1 is 1.25 bits per heavy atom. The summed E-state index contributed by atoms with van der Waals surface area (Å²) < 4.78 is 5.61. The van der Waals surface area contributed by atoms with Crippen LogP contribution in [0.4, 0.5) is 0 Å². The topological polar surface area (TPSA) is 37.9 Å². The Labute approximate surface area is 95.5 Å². The molecule has 0 radical (unpaired) electrons. The van der Waals surface area contributed by atoms with Gasteiger partial charge in [0, 0.05) is 18.0 Å². The van der Waals surface area contributed by atoms with Crippen molar-refractivity contribution in [3.05, 3.63) is 36.7 Å². The first-order chi connectivity index (χ1) is 7.75. The molecule has 2 rings (SSSR count). The van der Waals surface area contributed by atoms with E-state index in [9.17, 15) is 0 Å². The Morgan fingerprint density at radius 3 is 2.56 bits per heavy atom. The summed E-state index contributed by atoms with van der Waals surface area (Å²) in [6.45, 7) is 5.02. The number of aromatic amines is 1. The van der Waals surface area contributed by atoms with Crippen molar-refractivity contribution in [2.24, 2.45) is 5.92 Å². The van der Waals surface area contributed by atoms with Crippen LogP contribution in [0.25, 0.3) is 11.4 Å². The van der Waals surface area contributed by atoms with E-state index in [0.717, 1.165) is 23.7 Å². The molecule has 0 saturated heterocycles. The smallest absolute Gasteiger partial charge is 0.137 e. The molecule has 16 heavy (non-hydrogen) atoms. The van der Waals surface area contributed by atoms with Gasteiger partial charge in [0.15, 0.2) is 0 Å². The highest BCUT2D eigenvalue weighted by molar-refractivity contribution is 5.55. The normalized spacial score (nSPS) is 10.7. The molecule has 0 fully saturated rings. The summed E-state index contributed by atoms with van der Waals surface area (Å²) in [5.74, 6) is 2.34. The standard InChI is InChI=1S/C13H16N2O/c1-10(2)9-16-12-5-3-11(4-6-12)13-14-7-8-15-13/h3-8,10H,9H2,1-2H3,(H,14,15). The first-order valence-corrected chi connectivity index (χ1v) is 5.48. The summed E-state index contributed by atoms with van der Waals surface area (Å²) in [5.41, 5.74) is 1.07. The van der Waals surface area contributed by atoms with Crippen LogP contribution in [0.5, 0.6) is 5.75 Å². The van der Waals surface area contributed by atoms with Gasteiger partial charge in [0.05, 0.1) is 6.61 Å². The lowest BCUT2D eigenvalue weighted by Crippen LogP contribution is -2.04. The number of nitrogens with zero attached hydrogens (tertiary/aromatic N) is 1. The number of hydrogen-bond donors (Lipinski definition) is 1. The van der Waals surface area contributed by atoms with Crippen LogP contribution in [0.3, 0.4) is 0 Å². The Hall–Kier alpha value is -1.77. The summed E-state index contributed by atoms with van der Waals surface area (Å²) in [6.07, 6.45) is 3.57. The predicted octanol–water partition coefficient (Wildman–Crippen LogP) is 3.11. The lowest BCUT2D eigenvalue weighted by Gasteiger charge is -2.08. The van der Waals surface area contributed by atoms with Crippen LogP contribution >= 0.6 is 0 Å². The lowest BCUT2D eigenvalue weighted by atomic mass is 10.2. The Balaban J connectivity index is 2.05. The molecule has 0 saturated carbocycles. The minimum absolute atomic E-state index is 0.546. The molecular formula is C13H16N2O. The SMILES string of the molecule is CC(C)COc1ccc(-c2ncc[nH]2)cc1. The molecule has 0 spiro atoms. The minimum atomic E-state index is 0.546. The number of H-pyrrole nitrogens is 1. The quantitative estimate of drug-likeness (QED) is 0.852. The van der Waals surface area contributed by atoms with Crippen molar-refractivity contribution >= 4 is 0 Å². The number of ether oxygens (including phenoxy) is 1. The molecular weight excluding hydrogens is 200 g/mol. The first kappa shape index (κ1) is 10.7. The number of hydrogen-bond acceptors (Lipinski definition) is 2. The molecule has 84 valence electrons. The van der Waals surface area contributed by atoms with E-state index >= 15 is 0 Å². The van der Waals surface area contributed by atoms with Gasteiger partial charge >= 0.3 is 0 Å². The predicted molar refractivity (Wildman–Crippen MR) is 64.4 cm³/mol. The lowest BCUT2D eigenvalue weighted by molar-refractivity contribution is 0.271. The van der Waals surface area contributed by atoms with Crippen LogP contribution in [-0.2, 0) is 0 Å². The third kappa shape index (κ3) is 2.63. The van der Waals surface area contributed by atoms with E-state index in [0.29, 0.717) is 5.92 Å². The molecule has 0 unspecified atom stereocenters. The van der Waals surface area contributed by atoms with E-state index in [1.54, 1.807) is 6.20 Å². The van der Waals surface area contributed by atoms with E-state index in [4.69, 9.17) is 4.74 Å². The average Bonchev–Trinajstić information content (AvgIpc) is 2.80. The highest BCUT2D eigenvalue weighted by atomic mass is 16.5. The molecule has 1 aromatic carbocycles. The monoisotopic (exact) mass is 216 g/mol. The van der Waals surface area contributed by atoms with E-state index in [1.165, 1.54) is 0 Å². The van der Waals surface area contributed by atoms with Crippen LogP contribution in [-0.4, -0.2) is 16.6 Å². The zero-order chi connectivity index (χ0) is 11.4. The van der Waals surface area contributed by atoms with Crippen LogP contribution < -0.4 is 4.74 Å². The zero-order valence-corrected chi connectivity index (χ0v) is 9.60. The van der Waals surface area contributed by atoms with Crippen molar-refractivity contribution in [2.45, 2.75) is 13.8 Å². The fourth-order valence-corrected chi connectivity index (χ4v) is 1.40. The molecule has 0 aliphatic carbocycles. The summed E-state index contributed by atoms with van der Waals surface area (Å²) >= 11 is 0. The van der Waals surface area contributed by atoms with Gasteiger partial charge in [-0.15, -0.1) is 0 Å². The maximum Gasteiger partial charge on any atom is 0.137 e. The fraction of sp³-hybridized carbons (Fsp3) is 0.308. The largest absolute Gasteiger partial charge is 0.493 e. The Bertz CT molecular complexity index is 418. The van der Waals surface area contributed by atoms with E-state index in [2.05, 4.69) is 23.8 Å². The molecule has 3 nitrogen and oxygen atoms in total. The average molecular weight is 216 g/mol. The van der Waals surface area contributed by atoms with E-state index in [1.807, 2.05) is 30.5 Å². The van der Waals surface area contributed by atoms with Crippen molar-refractivity contribution in [3.8, 4) is 17.1 Å². The molecule has 1 heterocycles. The molecule has 0 aliphatic rings. The maximum absolute atomic E-state index is 5.61. The van der Waals surface area contributed by atoms with Gasteiger partial charge in [-0.05, 0) is 30.2 Å². The minimum Gasteiger partial charge on any atom is -0.493 e. The Kier molecular flexibility index (Phi) is 3.25. The Morgan fingerprint density at radius 2 is 2.00 bits per heavy atom. The van der Waals surface area contributed by atoms with Gasteiger partial charge in [0.2, 0.25) is 0 Å². The highest BCUT2D eigenvalue weighted by Gasteiger charge is 2.00. The number of aromatic nitrogens is 2. The third-order valence-electron chi connectivity index (χ3n) is 2.21. The second kappa shape index (κ2) is 4.84. The number of benzene rings is 1. The molecule has 0 aliphatic heterocycles. The van der Waals surface area contributed by atoms with Crippen molar-refractivity contribution in [3.63, 3.8) is 0 Å². The van der Waals surface area contributed by atoms with Gasteiger partial charge < -0.3 is 9.72 Å². The summed E-state index contributed by atoms with van der Waals surface area (Å²) in [5, 5.41) is 0.